The molecule has 4 amide bonds. The first-order valence-electron chi connectivity index (χ1n) is 12.2. The molecule has 200 valence electrons. The van der Waals surface area contributed by atoms with Gasteiger partial charge in [0.1, 0.15) is 6.10 Å². The number of amides is 4. The molecule has 2 rings (SSSR count). The van der Waals surface area contributed by atoms with E-state index in [0.717, 1.165) is 17.5 Å². The maximum atomic E-state index is 12.9. The summed E-state index contributed by atoms with van der Waals surface area (Å²) in [5.74, 6) is -1.13. The second-order valence-electron chi connectivity index (χ2n) is 8.64. The SMILES string of the molecule is CCc1ccc(-c2ccc(C(=O)NC(C#N)C(OC(N)=O)C(C)CCN(O)C(=O)NCCC#N)cc2)cc1. The summed E-state index contributed by atoms with van der Waals surface area (Å²) in [5, 5.41) is 33.5. The Morgan fingerprint density at radius 2 is 1.68 bits per heavy atom. The Kier molecular flexibility index (Phi) is 11.6. The van der Waals surface area contributed by atoms with Gasteiger partial charge >= 0.3 is 12.1 Å². The summed E-state index contributed by atoms with van der Waals surface area (Å²) >= 11 is 0. The average molecular weight is 521 g/mol. The smallest absolute Gasteiger partial charge is 0.404 e. The third-order valence-corrected chi connectivity index (χ3v) is 5.95. The molecule has 0 saturated carbocycles. The Balaban J connectivity index is 2.05. The van der Waals surface area contributed by atoms with E-state index in [-0.39, 0.29) is 25.9 Å². The number of ether oxygens (including phenoxy) is 1. The molecule has 0 aliphatic rings. The molecule has 0 radical (unpaired) electrons. The molecule has 0 saturated heterocycles. The Morgan fingerprint density at radius 3 is 2.21 bits per heavy atom. The van der Waals surface area contributed by atoms with Crippen molar-refractivity contribution in [2.45, 2.75) is 45.3 Å². The van der Waals surface area contributed by atoms with Crippen LogP contribution in [0.3, 0.4) is 0 Å². The Hall–Kier alpha value is -4.61. The van der Waals surface area contributed by atoms with Gasteiger partial charge < -0.3 is 21.1 Å². The van der Waals surface area contributed by atoms with Crippen molar-refractivity contribution in [3.63, 3.8) is 0 Å². The number of hydrogen-bond donors (Lipinski definition) is 4. The number of nitrogens with one attached hydrogen (secondary N) is 2. The van der Waals surface area contributed by atoms with Crippen molar-refractivity contribution in [1.29, 1.82) is 10.5 Å². The highest BCUT2D eigenvalue weighted by atomic mass is 16.6. The lowest BCUT2D eigenvalue weighted by molar-refractivity contribution is -0.0507. The van der Waals surface area contributed by atoms with Crippen LogP contribution in [0, 0.1) is 28.6 Å². The number of aryl methyl sites for hydroxylation is 1. The molecule has 11 heteroatoms. The quantitative estimate of drug-likeness (QED) is 0.188. The van der Waals surface area contributed by atoms with Crippen LogP contribution in [0.1, 0.15) is 42.6 Å². The van der Waals surface area contributed by atoms with Gasteiger partial charge in [-0.2, -0.15) is 10.5 Å². The molecule has 5 N–H and O–H groups in total. The molecular weight excluding hydrogens is 488 g/mol. The molecule has 2 aromatic carbocycles. The number of nitrogens with zero attached hydrogens (tertiary/aromatic N) is 3. The van der Waals surface area contributed by atoms with Crippen LogP contribution in [0.5, 0.6) is 0 Å². The second-order valence-corrected chi connectivity index (χ2v) is 8.64. The van der Waals surface area contributed by atoms with Crippen LogP contribution in [0.2, 0.25) is 0 Å². The summed E-state index contributed by atoms with van der Waals surface area (Å²) in [7, 11) is 0. The van der Waals surface area contributed by atoms with Gasteiger partial charge in [0.25, 0.3) is 5.91 Å². The molecule has 0 fully saturated rings. The molecule has 2 aromatic rings. The predicted octanol–water partition coefficient (Wildman–Crippen LogP) is 3.34. The highest BCUT2D eigenvalue weighted by Crippen LogP contribution is 2.21. The summed E-state index contributed by atoms with van der Waals surface area (Å²) in [6.07, 6.45) is -1.14. The lowest BCUT2D eigenvalue weighted by atomic mass is 9.94. The van der Waals surface area contributed by atoms with Crippen LogP contribution >= 0.6 is 0 Å². The molecule has 0 aliphatic carbocycles. The first-order chi connectivity index (χ1) is 18.2. The number of rotatable bonds is 12. The fraction of sp³-hybridized carbons (Fsp3) is 0.370. The fourth-order valence-corrected chi connectivity index (χ4v) is 3.71. The topological polar surface area (TPSA) is 182 Å². The van der Waals surface area contributed by atoms with Gasteiger partial charge in [-0.05, 0) is 47.6 Å². The van der Waals surface area contributed by atoms with Crippen molar-refractivity contribution in [3.05, 3.63) is 59.7 Å². The van der Waals surface area contributed by atoms with Gasteiger partial charge in [-0.25, -0.2) is 14.7 Å². The number of urea groups is 1. The van der Waals surface area contributed by atoms with Crippen molar-refractivity contribution < 1.29 is 24.3 Å². The molecular formula is C27H32N6O5. The van der Waals surface area contributed by atoms with Crippen LogP contribution in [0.4, 0.5) is 9.59 Å². The third kappa shape index (κ3) is 8.80. The zero-order valence-corrected chi connectivity index (χ0v) is 21.4. The lowest BCUT2D eigenvalue weighted by Gasteiger charge is -2.28. The standard InChI is InChI=1S/C27H32N6O5/c1-3-19-5-7-20(8-6-19)21-9-11-22(12-10-21)25(34)32-23(17-29)24(38-26(30)35)18(2)13-16-33(37)27(36)31-15-4-14-28/h5-12,18,23-24,37H,3-4,13,15-16H2,1-2H3,(H2,30,35)(H,31,36)(H,32,34). The van der Waals surface area contributed by atoms with Gasteiger partial charge in [0.15, 0.2) is 6.04 Å². The largest absolute Gasteiger partial charge is 0.443 e. The minimum Gasteiger partial charge on any atom is -0.443 e. The van der Waals surface area contributed by atoms with Gasteiger partial charge in [0, 0.05) is 12.1 Å². The molecule has 0 aromatic heterocycles. The highest BCUT2D eigenvalue weighted by molar-refractivity contribution is 5.95. The van der Waals surface area contributed by atoms with Crippen molar-refractivity contribution in [1.82, 2.24) is 15.7 Å². The number of primary amides is 1. The van der Waals surface area contributed by atoms with E-state index in [4.69, 9.17) is 15.7 Å². The Bertz CT molecular complexity index is 1170. The molecule has 0 aliphatic heterocycles. The van der Waals surface area contributed by atoms with Crippen LogP contribution in [-0.2, 0) is 11.2 Å². The molecule has 0 bridgehead atoms. The highest BCUT2D eigenvalue weighted by Gasteiger charge is 2.32. The van der Waals surface area contributed by atoms with Gasteiger partial charge in [-0.15, -0.1) is 0 Å². The van der Waals surface area contributed by atoms with E-state index in [9.17, 15) is 24.9 Å². The van der Waals surface area contributed by atoms with Crippen LogP contribution in [0.15, 0.2) is 48.5 Å². The van der Waals surface area contributed by atoms with Gasteiger partial charge in [0.2, 0.25) is 0 Å². The Morgan fingerprint density at radius 1 is 1.08 bits per heavy atom. The van der Waals surface area contributed by atoms with Gasteiger partial charge in [-0.1, -0.05) is 50.2 Å². The van der Waals surface area contributed by atoms with Crippen molar-refractivity contribution in [2.75, 3.05) is 13.1 Å². The zero-order valence-electron chi connectivity index (χ0n) is 21.4. The zero-order chi connectivity index (χ0) is 28.1. The van der Waals surface area contributed by atoms with Crippen LogP contribution in [-0.4, -0.2) is 53.5 Å². The molecule has 38 heavy (non-hydrogen) atoms. The Labute approximate surface area is 221 Å². The van der Waals surface area contributed by atoms with E-state index in [2.05, 4.69) is 17.6 Å². The van der Waals surface area contributed by atoms with E-state index < -0.39 is 36.1 Å². The van der Waals surface area contributed by atoms with E-state index in [0.29, 0.717) is 10.6 Å². The van der Waals surface area contributed by atoms with E-state index in [1.165, 1.54) is 5.56 Å². The number of nitriles is 2. The first kappa shape index (κ1) is 29.6. The molecule has 11 nitrogen and oxygen atoms in total. The predicted molar refractivity (Wildman–Crippen MR) is 138 cm³/mol. The summed E-state index contributed by atoms with van der Waals surface area (Å²) in [5.41, 5.74) is 8.65. The van der Waals surface area contributed by atoms with Crippen LogP contribution in [0.25, 0.3) is 11.1 Å². The number of benzene rings is 2. The van der Waals surface area contributed by atoms with Crippen molar-refractivity contribution >= 4 is 18.0 Å². The maximum Gasteiger partial charge on any atom is 0.404 e. The number of hydroxylamine groups is 2. The molecule has 3 unspecified atom stereocenters. The number of hydrogen-bond acceptors (Lipinski definition) is 7. The molecule has 3 atom stereocenters. The van der Waals surface area contributed by atoms with E-state index in [1.54, 1.807) is 31.2 Å². The third-order valence-electron chi connectivity index (χ3n) is 5.95. The lowest BCUT2D eigenvalue weighted by Crippen LogP contribution is -2.48. The van der Waals surface area contributed by atoms with Gasteiger partial charge in [-0.3, -0.25) is 10.0 Å². The fourth-order valence-electron chi connectivity index (χ4n) is 3.71. The number of carbonyl (C=O) groups excluding carboxylic acids is 3. The van der Waals surface area contributed by atoms with Crippen molar-refractivity contribution in [2.24, 2.45) is 11.7 Å². The van der Waals surface area contributed by atoms with Crippen LogP contribution < -0.4 is 16.4 Å². The van der Waals surface area contributed by atoms with Gasteiger partial charge in [0.05, 0.1) is 25.1 Å². The summed E-state index contributed by atoms with van der Waals surface area (Å²) in [4.78, 5) is 36.3. The average Bonchev–Trinajstić information content (AvgIpc) is 2.93. The molecule has 0 heterocycles. The second kappa shape index (κ2) is 14.8. The van der Waals surface area contributed by atoms with E-state index in [1.807, 2.05) is 36.4 Å². The normalized spacial score (nSPS) is 12.7. The summed E-state index contributed by atoms with van der Waals surface area (Å²) in [6, 6.07) is 16.7. The maximum absolute atomic E-state index is 12.9. The van der Waals surface area contributed by atoms with Crippen molar-refractivity contribution in [3.8, 4) is 23.3 Å². The number of nitrogens with two attached hydrogens (primary N) is 1. The first-order valence-corrected chi connectivity index (χ1v) is 12.2. The van der Waals surface area contributed by atoms with E-state index >= 15 is 0 Å². The minimum absolute atomic E-state index is 0.0734. The summed E-state index contributed by atoms with van der Waals surface area (Å²) < 4.78 is 5.13. The summed E-state index contributed by atoms with van der Waals surface area (Å²) in [6.45, 7) is 3.62. The number of carbonyl (C=O) groups is 3. The molecule has 0 spiro atoms. The monoisotopic (exact) mass is 520 g/mol. The minimum atomic E-state index is -1.25.